The summed E-state index contributed by atoms with van der Waals surface area (Å²) >= 11 is 1.74. The lowest BCUT2D eigenvalue weighted by Crippen LogP contribution is -2.38. The highest BCUT2D eigenvalue weighted by molar-refractivity contribution is 7.19. The number of carbonyl (C=O) groups excluding carboxylic acids is 2. The van der Waals surface area contributed by atoms with Gasteiger partial charge < -0.3 is 15.0 Å². The Labute approximate surface area is 240 Å². The van der Waals surface area contributed by atoms with Gasteiger partial charge in [0.05, 0.1) is 26.3 Å². The SMILES string of the molecule is Cc1c(CN(C)C(=O)C=Cc2cnc3c(c2)CN(CCCN2CCOCC2)CC(=O)N3)sc2ccccc12.Cl. The van der Waals surface area contributed by atoms with E-state index in [1.54, 1.807) is 34.6 Å². The number of aryl methyl sites for hydroxylation is 1. The van der Waals surface area contributed by atoms with Crippen LogP contribution in [0.25, 0.3) is 16.2 Å². The number of likely N-dealkylation sites (N-methyl/N-ethyl adjacent to an activating group) is 1. The Hall–Kier alpha value is -2.82. The topological polar surface area (TPSA) is 78.0 Å². The molecule has 0 unspecified atom stereocenters. The molecule has 0 atom stereocenters. The number of fused-ring (bicyclic) bond motifs is 2. The van der Waals surface area contributed by atoms with Crippen molar-refractivity contribution in [2.24, 2.45) is 0 Å². The molecule has 0 aliphatic carbocycles. The third-order valence-electron chi connectivity index (χ3n) is 7.18. The average molecular weight is 570 g/mol. The number of aromatic nitrogens is 1. The molecule has 1 saturated heterocycles. The monoisotopic (exact) mass is 569 g/mol. The molecule has 1 fully saturated rings. The van der Waals surface area contributed by atoms with Crippen molar-refractivity contribution in [1.82, 2.24) is 19.7 Å². The summed E-state index contributed by atoms with van der Waals surface area (Å²) in [6.07, 6.45) is 6.10. The largest absolute Gasteiger partial charge is 0.379 e. The molecule has 4 heterocycles. The summed E-state index contributed by atoms with van der Waals surface area (Å²) in [6, 6.07) is 10.4. The minimum absolute atomic E-state index is 0. The molecule has 2 aromatic heterocycles. The molecule has 2 amide bonds. The predicted molar refractivity (Wildman–Crippen MR) is 159 cm³/mol. The third-order valence-corrected chi connectivity index (χ3v) is 8.43. The Morgan fingerprint density at radius 1 is 1.18 bits per heavy atom. The van der Waals surface area contributed by atoms with Crippen molar-refractivity contribution >= 4 is 57.5 Å². The van der Waals surface area contributed by atoms with Crippen LogP contribution in [0, 0.1) is 6.92 Å². The smallest absolute Gasteiger partial charge is 0.246 e. The molecule has 3 aromatic rings. The van der Waals surface area contributed by atoms with Crippen LogP contribution in [0.5, 0.6) is 0 Å². The van der Waals surface area contributed by atoms with Crippen LogP contribution in [-0.2, 0) is 27.4 Å². The molecule has 208 valence electrons. The van der Waals surface area contributed by atoms with Crippen molar-refractivity contribution in [3.8, 4) is 0 Å². The molecule has 2 aliphatic heterocycles. The fourth-order valence-electron chi connectivity index (χ4n) is 4.99. The van der Waals surface area contributed by atoms with Crippen LogP contribution in [0.2, 0.25) is 0 Å². The van der Waals surface area contributed by atoms with Gasteiger partial charge in [0.15, 0.2) is 0 Å². The molecule has 2 aliphatic rings. The minimum atomic E-state index is -0.0603. The van der Waals surface area contributed by atoms with Crippen molar-refractivity contribution in [3.05, 3.63) is 64.2 Å². The van der Waals surface area contributed by atoms with E-state index in [9.17, 15) is 9.59 Å². The molecular weight excluding hydrogens is 534 g/mol. The average Bonchev–Trinajstić information content (AvgIpc) is 3.13. The Kier molecular flexibility index (Phi) is 10.1. The van der Waals surface area contributed by atoms with Gasteiger partial charge in [-0.3, -0.25) is 19.4 Å². The van der Waals surface area contributed by atoms with Crippen LogP contribution in [0.3, 0.4) is 0 Å². The van der Waals surface area contributed by atoms with Gasteiger partial charge in [-0.25, -0.2) is 4.98 Å². The Balaban J connectivity index is 0.00000353. The number of morpholine rings is 1. The molecule has 0 bridgehead atoms. The number of hydrogen-bond acceptors (Lipinski definition) is 7. The Morgan fingerprint density at radius 2 is 1.95 bits per heavy atom. The summed E-state index contributed by atoms with van der Waals surface area (Å²) in [5, 5.41) is 4.18. The molecule has 1 aromatic carbocycles. The molecule has 5 rings (SSSR count). The number of thiophene rings is 1. The normalized spacial score (nSPS) is 16.5. The maximum absolute atomic E-state index is 12.9. The fourth-order valence-corrected chi connectivity index (χ4v) is 6.25. The van der Waals surface area contributed by atoms with Gasteiger partial charge in [0, 0.05) is 60.6 Å². The molecule has 10 heteroatoms. The molecule has 0 radical (unpaired) electrons. The number of rotatable bonds is 8. The van der Waals surface area contributed by atoms with E-state index in [1.807, 2.05) is 25.2 Å². The zero-order valence-corrected chi connectivity index (χ0v) is 24.2. The van der Waals surface area contributed by atoms with Gasteiger partial charge in [-0.15, -0.1) is 23.7 Å². The number of halogens is 1. The van der Waals surface area contributed by atoms with Gasteiger partial charge in [-0.1, -0.05) is 18.2 Å². The third kappa shape index (κ3) is 7.43. The van der Waals surface area contributed by atoms with Crippen molar-refractivity contribution in [3.63, 3.8) is 0 Å². The predicted octanol–water partition coefficient (Wildman–Crippen LogP) is 4.17. The highest BCUT2D eigenvalue weighted by Gasteiger charge is 2.21. The van der Waals surface area contributed by atoms with E-state index in [1.165, 1.54) is 20.5 Å². The summed E-state index contributed by atoms with van der Waals surface area (Å²) in [6.45, 7) is 9.07. The van der Waals surface area contributed by atoms with Gasteiger partial charge >= 0.3 is 0 Å². The summed E-state index contributed by atoms with van der Waals surface area (Å²) in [5.74, 6) is 0.501. The van der Waals surface area contributed by atoms with Crippen LogP contribution >= 0.6 is 23.7 Å². The first-order chi connectivity index (χ1) is 18.5. The van der Waals surface area contributed by atoms with Crippen molar-refractivity contribution in [1.29, 1.82) is 0 Å². The van der Waals surface area contributed by atoms with Crippen LogP contribution in [0.4, 0.5) is 5.82 Å². The maximum Gasteiger partial charge on any atom is 0.246 e. The zero-order valence-electron chi connectivity index (χ0n) is 22.5. The van der Waals surface area contributed by atoms with Crippen molar-refractivity contribution in [2.45, 2.75) is 26.4 Å². The molecular formula is C29H36ClN5O3S. The van der Waals surface area contributed by atoms with Crippen LogP contribution in [0.1, 0.15) is 28.0 Å². The van der Waals surface area contributed by atoms with Crippen LogP contribution in [-0.4, -0.2) is 84.5 Å². The summed E-state index contributed by atoms with van der Waals surface area (Å²) in [7, 11) is 1.83. The number of hydrogen-bond donors (Lipinski definition) is 1. The number of pyridine rings is 1. The molecule has 39 heavy (non-hydrogen) atoms. The van der Waals surface area contributed by atoms with Gasteiger partial charge in [0.1, 0.15) is 5.82 Å². The number of ether oxygens (including phenoxy) is 1. The van der Waals surface area contributed by atoms with Crippen LogP contribution < -0.4 is 5.32 Å². The quantitative estimate of drug-likeness (QED) is 0.410. The van der Waals surface area contributed by atoms with Crippen LogP contribution in [0.15, 0.2) is 42.6 Å². The van der Waals surface area contributed by atoms with E-state index in [2.05, 4.69) is 39.2 Å². The number of benzene rings is 1. The fraction of sp³-hybridized carbons (Fsp3) is 0.414. The van der Waals surface area contributed by atoms with Gasteiger partial charge in [-0.2, -0.15) is 0 Å². The first-order valence-electron chi connectivity index (χ1n) is 13.2. The van der Waals surface area contributed by atoms with E-state index in [0.29, 0.717) is 25.5 Å². The van der Waals surface area contributed by atoms with E-state index in [-0.39, 0.29) is 24.2 Å². The Bertz CT molecular complexity index is 1340. The zero-order chi connectivity index (χ0) is 26.5. The molecule has 0 saturated carbocycles. The van der Waals surface area contributed by atoms with Gasteiger partial charge in [0.2, 0.25) is 11.8 Å². The standard InChI is InChI=1S/C29H35N5O3S.ClH/c1-21-24-6-3-4-7-25(24)38-26(21)19-32(2)28(36)9-8-22-16-23-18-34(20-27(35)31-29(23)30-17-22)11-5-10-33-12-14-37-15-13-33;/h3-4,6-9,16-17H,5,10-15,18-20H2,1-2H3,(H,30,31,35);1H. The van der Waals surface area contributed by atoms with E-state index < -0.39 is 0 Å². The summed E-state index contributed by atoms with van der Waals surface area (Å²) < 4.78 is 6.67. The lowest BCUT2D eigenvalue weighted by Gasteiger charge is -2.27. The number of nitrogens with zero attached hydrogens (tertiary/aromatic N) is 4. The van der Waals surface area contributed by atoms with Gasteiger partial charge in [0.25, 0.3) is 0 Å². The van der Waals surface area contributed by atoms with Crippen molar-refractivity contribution < 1.29 is 14.3 Å². The molecule has 0 spiro atoms. The Morgan fingerprint density at radius 3 is 2.74 bits per heavy atom. The van der Waals surface area contributed by atoms with Gasteiger partial charge in [-0.05, 0) is 54.6 Å². The first kappa shape index (κ1) is 29.2. The molecule has 1 N–H and O–H groups in total. The lowest BCUT2D eigenvalue weighted by molar-refractivity contribution is -0.125. The lowest BCUT2D eigenvalue weighted by atomic mass is 10.1. The number of nitrogens with one attached hydrogen (secondary N) is 1. The van der Waals surface area contributed by atoms with E-state index in [4.69, 9.17) is 4.74 Å². The number of anilines is 1. The second-order valence-electron chi connectivity index (χ2n) is 10.0. The highest BCUT2D eigenvalue weighted by atomic mass is 35.5. The van der Waals surface area contributed by atoms with Crippen molar-refractivity contribution in [2.75, 3.05) is 58.3 Å². The first-order valence-corrected chi connectivity index (χ1v) is 14.0. The number of carbonyl (C=O) groups is 2. The van der Waals surface area contributed by atoms with E-state index in [0.717, 1.165) is 56.9 Å². The maximum atomic E-state index is 12.9. The highest BCUT2D eigenvalue weighted by Crippen LogP contribution is 2.31. The van der Waals surface area contributed by atoms with E-state index >= 15 is 0 Å². The second-order valence-corrected chi connectivity index (χ2v) is 11.2. The summed E-state index contributed by atoms with van der Waals surface area (Å²) in [5.41, 5.74) is 3.04. The number of amides is 2. The summed E-state index contributed by atoms with van der Waals surface area (Å²) in [4.78, 5) is 37.3. The molecule has 8 nitrogen and oxygen atoms in total. The minimum Gasteiger partial charge on any atom is -0.379 e. The second kappa shape index (κ2) is 13.5.